The van der Waals surface area contributed by atoms with Crippen LogP contribution in [0, 0.1) is 0 Å². The molecule has 1 amide bonds. The summed E-state index contributed by atoms with van der Waals surface area (Å²) in [5.74, 6) is 0.845. The average molecular weight is 314 g/mol. The van der Waals surface area contributed by atoms with Gasteiger partial charge in [-0.1, -0.05) is 0 Å². The van der Waals surface area contributed by atoms with Crippen molar-refractivity contribution in [2.45, 2.75) is 26.4 Å². The van der Waals surface area contributed by atoms with Crippen molar-refractivity contribution < 1.29 is 14.3 Å². The van der Waals surface area contributed by atoms with Gasteiger partial charge in [-0.15, -0.1) is 0 Å². The van der Waals surface area contributed by atoms with Crippen LogP contribution >= 0.6 is 0 Å². The number of nitrogens with zero attached hydrogens (tertiary/aromatic N) is 3. The summed E-state index contributed by atoms with van der Waals surface area (Å²) in [5.41, 5.74) is -0.469. The van der Waals surface area contributed by atoms with Crippen LogP contribution in [-0.4, -0.2) is 87.4 Å². The Morgan fingerprint density at radius 3 is 2.77 bits per heavy atom. The summed E-state index contributed by atoms with van der Waals surface area (Å²) in [4.78, 5) is 20.4. The zero-order valence-corrected chi connectivity index (χ0v) is 14.5. The fourth-order valence-corrected chi connectivity index (χ4v) is 1.96. The molecule has 1 N–H and O–H groups in total. The Bertz CT molecular complexity index is 379. The maximum absolute atomic E-state index is 12.1. The number of rotatable bonds is 6. The minimum atomic E-state index is -0.469. The Morgan fingerprint density at radius 1 is 1.41 bits per heavy atom. The lowest BCUT2D eigenvalue weighted by molar-refractivity contribution is 0.0276. The molecule has 1 aliphatic heterocycles. The van der Waals surface area contributed by atoms with Crippen LogP contribution in [0.3, 0.4) is 0 Å². The van der Waals surface area contributed by atoms with Gasteiger partial charge >= 0.3 is 6.09 Å². The molecular formula is C15H30N4O3. The first-order valence-electron chi connectivity index (χ1n) is 7.74. The standard InChI is InChI=1S/C15H30N4O3/c1-15(2,3)22-14(20)19-9-7-17-13(12-19)16-6-8-18(4)10-11-21-5/h6-12H2,1-5H3,(H,16,17). The fourth-order valence-electron chi connectivity index (χ4n) is 1.96. The highest BCUT2D eigenvalue weighted by Crippen LogP contribution is 2.10. The number of carbonyl (C=O) groups excluding carboxylic acids is 1. The second kappa shape index (κ2) is 8.95. The van der Waals surface area contributed by atoms with E-state index in [1.54, 1.807) is 12.0 Å². The first kappa shape index (κ1) is 18.7. The molecule has 0 aliphatic carbocycles. The Morgan fingerprint density at radius 2 is 2.14 bits per heavy atom. The number of hydrogen-bond donors (Lipinski definition) is 1. The van der Waals surface area contributed by atoms with E-state index >= 15 is 0 Å². The van der Waals surface area contributed by atoms with Crippen molar-refractivity contribution in [3.05, 3.63) is 0 Å². The number of nitrogens with one attached hydrogen (secondary N) is 1. The maximum Gasteiger partial charge on any atom is 0.410 e. The van der Waals surface area contributed by atoms with Gasteiger partial charge in [0, 0.05) is 33.3 Å². The van der Waals surface area contributed by atoms with E-state index in [0.717, 1.165) is 32.1 Å². The minimum absolute atomic E-state index is 0.279. The van der Waals surface area contributed by atoms with Crippen molar-refractivity contribution >= 4 is 11.9 Å². The zero-order chi connectivity index (χ0) is 16.6. The second-order valence-corrected chi connectivity index (χ2v) is 6.45. The number of ether oxygens (including phenoxy) is 2. The van der Waals surface area contributed by atoms with Gasteiger partial charge in [0.05, 0.1) is 19.7 Å². The zero-order valence-electron chi connectivity index (χ0n) is 14.5. The van der Waals surface area contributed by atoms with Crippen molar-refractivity contribution in [2.75, 3.05) is 60.0 Å². The molecule has 1 heterocycles. The Labute approximate surface area is 133 Å². The van der Waals surface area contributed by atoms with E-state index in [4.69, 9.17) is 9.47 Å². The highest BCUT2D eigenvalue weighted by atomic mass is 16.6. The summed E-state index contributed by atoms with van der Waals surface area (Å²) in [5, 5.41) is 3.29. The number of carbonyl (C=O) groups is 1. The highest BCUT2D eigenvalue weighted by Gasteiger charge is 2.24. The van der Waals surface area contributed by atoms with Crippen LogP contribution in [0.2, 0.25) is 0 Å². The molecule has 0 atom stereocenters. The molecule has 0 radical (unpaired) electrons. The van der Waals surface area contributed by atoms with Crippen molar-refractivity contribution in [1.82, 2.24) is 15.1 Å². The Hall–Kier alpha value is -1.34. The van der Waals surface area contributed by atoms with Crippen LogP contribution in [0.15, 0.2) is 4.99 Å². The van der Waals surface area contributed by atoms with Crippen LogP contribution in [0.4, 0.5) is 4.79 Å². The van der Waals surface area contributed by atoms with Gasteiger partial charge in [-0.25, -0.2) is 4.79 Å². The van der Waals surface area contributed by atoms with Gasteiger partial charge in [-0.05, 0) is 27.8 Å². The molecule has 0 aromatic heterocycles. The smallest absolute Gasteiger partial charge is 0.410 e. The van der Waals surface area contributed by atoms with Crippen LogP contribution < -0.4 is 5.32 Å². The molecule has 0 aromatic carbocycles. The summed E-state index contributed by atoms with van der Waals surface area (Å²) >= 11 is 0. The molecule has 0 aromatic rings. The van der Waals surface area contributed by atoms with E-state index in [-0.39, 0.29) is 6.09 Å². The third-order valence-electron chi connectivity index (χ3n) is 3.16. The van der Waals surface area contributed by atoms with Gasteiger partial charge in [0.25, 0.3) is 0 Å². The van der Waals surface area contributed by atoms with Crippen LogP contribution in [0.25, 0.3) is 0 Å². The number of amides is 1. The summed E-state index contributed by atoms with van der Waals surface area (Å²) in [6.07, 6.45) is -0.279. The van der Waals surface area contributed by atoms with Gasteiger partial charge in [-0.2, -0.15) is 0 Å². The molecule has 0 unspecified atom stereocenters. The molecule has 0 saturated carbocycles. The summed E-state index contributed by atoms with van der Waals surface area (Å²) in [6, 6.07) is 0. The van der Waals surface area contributed by atoms with Crippen molar-refractivity contribution in [3.8, 4) is 0 Å². The third-order valence-corrected chi connectivity index (χ3v) is 3.16. The molecular weight excluding hydrogens is 284 g/mol. The molecule has 0 spiro atoms. The van der Waals surface area contributed by atoms with Crippen LogP contribution in [0.1, 0.15) is 20.8 Å². The van der Waals surface area contributed by atoms with E-state index in [1.165, 1.54) is 0 Å². The molecule has 0 saturated heterocycles. The van der Waals surface area contributed by atoms with Gasteiger partial charge in [0.2, 0.25) is 0 Å². The predicted molar refractivity (Wildman–Crippen MR) is 87.5 cm³/mol. The van der Waals surface area contributed by atoms with Gasteiger partial charge in [0.15, 0.2) is 0 Å². The van der Waals surface area contributed by atoms with Gasteiger partial charge in [0.1, 0.15) is 11.4 Å². The number of hydrogen-bond acceptors (Lipinski definition) is 6. The molecule has 128 valence electrons. The molecule has 0 bridgehead atoms. The normalized spacial score (nSPS) is 15.7. The summed E-state index contributed by atoms with van der Waals surface area (Å²) in [6.45, 7) is 10.6. The average Bonchev–Trinajstić information content (AvgIpc) is 2.43. The highest BCUT2D eigenvalue weighted by molar-refractivity contribution is 5.87. The summed E-state index contributed by atoms with van der Waals surface area (Å²) in [7, 11) is 3.75. The first-order valence-corrected chi connectivity index (χ1v) is 7.74. The topological polar surface area (TPSA) is 66.4 Å². The minimum Gasteiger partial charge on any atom is -0.444 e. The van der Waals surface area contributed by atoms with Gasteiger partial charge < -0.3 is 19.7 Å². The lowest BCUT2D eigenvalue weighted by Gasteiger charge is -2.30. The third kappa shape index (κ3) is 7.61. The van der Waals surface area contributed by atoms with Crippen LogP contribution in [-0.2, 0) is 9.47 Å². The SMILES string of the molecule is COCCN(C)CCNC1=NCCN(C(=O)OC(C)(C)C)C1. The maximum atomic E-state index is 12.1. The Balaban J connectivity index is 2.31. The molecule has 7 nitrogen and oxygen atoms in total. The van der Waals surface area contributed by atoms with Crippen LogP contribution in [0.5, 0.6) is 0 Å². The van der Waals surface area contributed by atoms with Gasteiger partial charge in [-0.3, -0.25) is 9.89 Å². The molecule has 7 heteroatoms. The van der Waals surface area contributed by atoms with E-state index in [2.05, 4.69) is 22.3 Å². The number of methoxy groups -OCH3 is 1. The monoisotopic (exact) mass is 314 g/mol. The fraction of sp³-hybridized carbons (Fsp3) is 0.867. The lowest BCUT2D eigenvalue weighted by Crippen LogP contribution is -2.48. The number of likely N-dealkylation sites (N-methyl/N-ethyl adjacent to an activating group) is 1. The van der Waals surface area contributed by atoms with E-state index in [0.29, 0.717) is 19.6 Å². The number of amidine groups is 1. The lowest BCUT2D eigenvalue weighted by atomic mass is 10.2. The second-order valence-electron chi connectivity index (χ2n) is 6.45. The quantitative estimate of drug-likeness (QED) is 0.786. The van der Waals surface area contributed by atoms with E-state index in [1.807, 2.05) is 20.8 Å². The van der Waals surface area contributed by atoms with E-state index in [9.17, 15) is 4.79 Å². The molecule has 1 rings (SSSR count). The Kier molecular flexibility index (Phi) is 7.61. The largest absolute Gasteiger partial charge is 0.444 e. The molecule has 22 heavy (non-hydrogen) atoms. The molecule has 0 fully saturated rings. The predicted octanol–water partition coefficient (Wildman–Crippen LogP) is 0.803. The summed E-state index contributed by atoms with van der Waals surface area (Å²) < 4.78 is 10.4. The number of aliphatic imine (C=N–C) groups is 1. The van der Waals surface area contributed by atoms with Crippen molar-refractivity contribution in [2.24, 2.45) is 4.99 Å². The van der Waals surface area contributed by atoms with E-state index < -0.39 is 5.60 Å². The molecule has 1 aliphatic rings. The van der Waals surface area contributed by atoms with Crippen molar-refractivity contribution in [1.29, 1.82) is 0 Å². The first-order chi connectivity index (χ1) is 10.3. The van der Waals surface area contributed by atoms with Crippen molar-refractivity contribution in [3.63, 3.8) is 0 Å².